The molecule has 1 aromatic heterocycles. The number of piperazine rings is 1. The molecule has 2 fully saturated rings. The van der Waals surface area contributed by atoms with Crippen LogP contribution in [0, 0.1) is 20.8 Å². The highest BCUT2D eigenvalue weighted by Gasteiger charge is 2.27. The van der Waals surface area contributed by atoms with Crippen LogP contribution in [0.2, 0.25) is 0 Å². The molecule has 0 spiro atoms. The van der Waals surface area contributed by atoms with Gasteiger partial charge in [-0.1, -0.05) is 12.1 Å². The van der Waals surface area contributed by atoms with Crippen molar-refractivity contribution in [2.45, 2.75) is 46.0 Å². The Labute approximate surface area is 179 Å². The Bertz CT molecular complexity index is 900. The molecule has 1 aromatic carbocycles. The van der Waals surface area contributed by atoms with E-state index in [4.69, 9.17) is 0 Å². The number of carbonyl (C=O) groups excluding carboxylic acids is 1. The first-order chi connectivity index (χ1) is 14.5. The van der Waals surface area contributed by atoms with Crippen molar-refractivity contribution in [1.29, 1.82) is 0 Å². The topological polar surface area (TPSA) is 61.4 Å². The van der Waals surface area contributed by atoms with E-state index < -0.39 is 0 Å². The van der Waals surface area contributed by atoms with Gasteiger partial charge in [0.1, 0.15) is 11.5 Å². The number of nitrogens with zero attached hydrogens (tertiary/aromatic N) is 4. The van der Waals surface area contributed by atoms with Crippen LogP contribution in [0.4, 0.5) is 5.69 Å². The smallest absolute Gasteiger partial charge is 0.270 e. The van der Waals surface area contributed by atoms with E-state index in [2.05, 4.69) is 57.1 Å². The first-order valence-corrected chi connectivity index (χ1v) is 11.2. The first kappa shape index (κ1) is 20.8. The molecular formula is C24H33N5O. The number of aryl methyl sites for hydroxylation is 2. The minimum absolute atomic E-state index is 0.0814. The Kier molecular flexibility index (Phi) is 6.32. The lowest BCUT2D eigenvalue weighted by Gasteiger charge is -2.37. The van der Waals surface area contributed by atoms with Crippen molar-refractivity contribution in [3.8, 4) is 0 Å². The van der Waals surface area contributed by atoms with E-state index in [1.807, 2.05) is 6.92 Å². The van der Waals surface area contributed by atoms with Crippen LogP contribution in [0.25, 0.3) is 0 Å². The first-order valence-electron chi connectivity index (χ1n) is 11.2. The van der Waals surface area contributed by atoms with Crippen LogP contribution in [-0.4, -0.2) is 60.0 Å². The number of rotatable bonds is 7. The molecular weight excluding hydrogens is 374 g/mol. The van der Waals surface area contributed by atoms with Crippen LogP contribution in [0.1, 0.15) is 58.3 Å². The second-order valence-corrected chi connectivity index (χ2v) is 8.68. The summed E-state index contributed by atoms with van der Waals surface area (Å²) in [7, 11) is 0. The quantitative estimate of drug-likeness (QED) is 0.714. The second-order valence-electron chi connectivity index (χ2n) is 8.68. The number of carbonyl (C=O) groups is 1. The van der Waals surface area contributed by atoms with Gasteiger partial charge in [-0.15, -0.1) is 0 Å². The van der Waals surface area contributed by atoms with Crippen LogP contribution in [0.3, 0.4) is 0 Å². The zero-order valence-corrected chi connectivity index (χ0v) is 18.4. The highest BCUT2D eigenvalue weighted by atomic mass is 16.1. The number of aromatic nitrogens is 2. The number of benzene rings is 1. The van der Waals surface area contributed by atoms with Crippen molar-refractivity contribution in [2.24, 2.45) is 0 Å². The predicted octanol–water partition coefficient (Wildman–Crippen LogP) is 3.22. The van der Waals surface area contributed by atoms with E-state index in [0.29, 0.717) is 18.2 Å². The van der Waals surface area contributed by atoms with Gasteiger partial charge < -0.3 is 10.2 Å². The Hall–Kier alpha value is -2.47. The summed E-state index contributed by atoms with van der Waals surface area (Å²) < 4.78 is 0. The standard InChI is InChI=1S/C24H33N5O/c1-17-6-4-7-22(19(17)3)29-14-12-28(13-15-29)11-5-10-25-24(30)21-16-18(2)26-23(27-21)20-8-9-20/h4,6-7,16,20H,5,8-15H2,1-3H3,(H,25,30). The van der Waals surface area contributed by atoms with Crippen LogP contribution in [-0.2, 0) is 0 Å². The lowest BCUT2D eigenvalue weighted by atomic mass is 10.1. The van der Waals surface area contributed by atoms with E-state index in [-0.39, 0.29) is 5.91 Å². The summed E-state index contributed by atoms with van der Waals surface area (Å²) in [5.41, 5.74) is 5.49. The molecule has 6 heteroatoms. The summed E-state index contributed by atoms with van der Waals surface area (Å²) in [5, 5.41) is 3.03. The zero-order chi connectivity index (χ0) is 21.1. The van der Waals surface area contributed by atoms with E-state index in [1.54, 1.807) is 6.07 Å². The van der Waals surface area contributed by atoms with Crippen LogP contribution < -0.4 is 10.2 Å². The minimum atomic E-state index is -0.0814. The lowest BCUT2D eigenvalue weighted by molar-refractivity contribution is 0.0946. The molecule has 1 saturated heterocycles. The maximum Gasteiger partial charge on any atom is 0.270 e. The van der Waals surface area contributed by atoms with E-state index in [9.17, 15) is 4.79 Å². The van der Waals surface area contributed by atoms with Gasteiger partial charge >= 0.3 is 0 Å². The van der Waals surface area contributed by atoms with Gasteiger partial charge in [0.2, 0.25) is 0 Å². The van der Waals surface area contributed by atoms with Crippen LogP contribution in [0.5, 0.6) is 0 Å². The average Bonchev–Trinajstić information content (AvgIpc) is 3.59. The summed E-state index contributed by atoms with van der Waals surface area (Å²) >= 11 is 0. The fourth-order valence-corrected chi connectivity index (χ4v) is 4.12. The molecule has 0 unspecified atom stereocenters. The minimum Gasteiger partial charge on any atom is -0.369 e. The molecule has 0 atom stereocenters. The number of hydrogen-bond acceptors (Lipinski definition) is 5. The molecule has 4 rings (SSSR count). The monoisotopic (exact) mass is 407 g/mol. The Balaban J connectivity index is 1.20. The van der Waals surface area contributed by atoms with Gasteiger partial charge in [-0.3, -0.25) is 9.69 Å². The Morgan fingerprint density at radius 3 is 2.60 bits per heavy atom. The molecule has 6 nitrogen and oxygen atoms in total. The summed E-state index contributed by atoms with van der Waals surface area (Å²) in [4.78, 5) is 26.4. The molecule has 1 amide bonds. The molecule has 0 radical (unpaired) electrons. The highest BCUT2D eigenvalue weighted by molar-refractivity contribution is 5.92. The largest absolute Gasteiger partial charge is 0.369 e. The van der Waals surface area contributed by atoms with Gasteiger partial charge in [0.15, 0.2) is 0 Å². The van der Waals surface area contributed by atoms with Crippen molar-refractivity contribution in [3.63, 3.8) is 0 Å². The molecule has 2 aliphatic rings. The van der Waals surface area contributed by atoms with Gasteiger partial charge in [0.25, 0.3) is 5.91 Å². The third-order valence-corrected chi connectivity index (χ3v) is 6.27. The zero-order valence-electron chi connectivity index (χ0n) is 18.4. The summed E-state index contributed by atoms with van der Waals surface area (Å²) in [6, 6.07) is 8.35. The lowest BCUT2D eigenvalue weighted by Crippen LogP contribution is -2.47. The number of nitrogens with one attached hydrogen (secondary N) is 1. The van der Waals surface area contributed by atoms with E-state index in [1.165, 1.54) is 16.8 Å². The predicted molar refractivity (Wildman–Crippen MR) is 120 cm³/mol. The summed E-state index contributed by atoms with van der Waals surface area (Å²) in [6.45, 7) is 12.3. The van der Waals surface area contributed by atoms with Crippen molar-refractivity contribution in [2.75, 3.05) is 44.2 Å². The maximum atomic E-state index is 12.5. The summed E-state index contributed by atoms with van der Waals surface area (Å²) in [5.74, 6) is 1.21. The average molecular weight is 408 g/mol. The van der Waals surface area contributed by atoms with Crippen LogP contribution >= 0.6 is 0 Å². The second kappa shape index (κ2) is 9.13. The Morgan fingerprint density at radius 2 is 1.87 bits per heavy atom. The van der Waals surface area contributed by atoms with Gasteiger partial charge in [0.05, 0.1) is 0 Å². The highest BCUT2D eigenvalue weighted by Crippen LogP contribution is 2.38. The van der Waals surface area contributed by atoms with E-state index >= 15 is 0 Å². The fraction of sp³-hybridized carbons (Fsp3) is 0.542. The molecule has 30 heavy (non-hydrogen) atoms. The molecule has 0 bridgehead atoms. The van der Waals surface area contributed by atoms with Crippen molar-refractivity contribution in [1.82, 2.24) is 20.2 Å². The van der Waals surface area contributed by atoms with Crippen molar-refractivity contribution in [3.05, 3.63) is 52.6 Å². The maximum absolute atomic E-state index is 12.5. The van der Waals surface area contributed by atoms with Crippen LogP contribution in [0.15, 0.2) is 24.3 Å². The molecule has 160 valence electrons. The molecule has 1 saturated carbocycles. The normalized spacial score (nSPS) is 17.2. The van der Waals surface area contributed by atoms with E-state index in [0.717, 1.165) is 63.5 Å². The van der Waals surface area contributed by atoms with Gasteiger partial charge in [-0.05, 0) is 69.8 Å². The van der Waals surface area contributed by atoms with Crippen molar-refractivity contribution >= 4 is 11.6 Å². The van der Waals surface area contributed by atoms with Gasteiger partial charge in [-0.2, -0.15) is 0 Å². The third-order valence-electron chi connectivity index (χ3n) is 6.27. The Morgan fingerprint density at radius 1 is 1.10 bits per heavy atom. The number of anilines is 1. The fourth-order valence-electron chi connectivity index (χ4n) is 4.12. The molecule has 2 heterocycles. The molecule has 1 aliphatic heterocycles. The summed E-state index contributed by atoms with van der Waals surface area (Å²) in [6.07, 6.45) is 3.23. The number of hydrogen-bond donors (Lipinski definition) is 1. The number of amides is 1. The molecule has 1 N–H and O–H groups in total. The molecule has 2 aromatic rings. The van der Waals surface area contributed by atoms with Crippen molar-refractivity contribution < 1.29 is 4.79 Å². The third kappa shape index (κ3) is 4.98. The van der Waals surface area contributed by atoms with Gasteiger partial charge in [0, 0.05) is 50.0 Å². The SMILES string of the molecule is Cc1cc(C(=O)NCCCN2CCN(c3cccc(C)c3C)CC2)nc(C2CC2)n1. The van der Waals surface area contributed by atoms with Gasteiger partial charge in [-0.25, -0.2) is 9.97 Å². The molecule has 1 aliphatic carbocycles.